The quantitative estimate of drug-likeness (QED) is 0.358. The molecule has 0 amide bonds. The van der Waals surface area contributed by atoms with Gasteiger partial charge in [0.2, 0.25) is 5.82 Å². The van der Waals surface area contributed by atoms with E-state index in [-0.39, 0.29) is 23.6 Å². The third-order valence-corrected chi connectivity index (χ3v) is 6.17. The summed E-state index contributed by atoms with van der Waals surface area (Å²) in [6.07, 6.45) is 7.19. The number of aryl methyl sites for hydroxylation is 1. The van der Waals surface area contributed by atoms with Crippen LogP contribution < -0.4 is 4.74 Å². The lowest BCUT2D eigenvalue weighted by atomic mass is 9.82. The first-order valence-corrected chi connectivity index (χ1v) is 11.5. The summed E-state index contributed by atoms with van der Waals surface area (Å²) in [5.41, 5.74) is 1.85. The van der Waals surface area contributed by atoms with Gasteiger partial charge in [0, 0.05) is 0 Å². The van der Waals surface area contributed by atoms with Crippen molar-refractivity contribution in [1.82, 2.24) is 0 Å². The van der Waals surface area contributed by atoms with Crippen LogP contribution in [0.2, 0.25) is 0 Å². The van der Waals surface area contributed by atoms with Crippen LogP contribution in [0.5, 0.6) is 5.75 Å². The van der Waals surface area contributed by atoms with E-state index < -0.39 is 11.6 Å². The monoisotopic (exact) mass is 434 g/mol. The second-order valence-electron chi connectivity index (χ2n) is 8.56. The van der Waals surface area contributed by atoms with Crippen molar-refractivity contribution in [2.75, 3.05) is 6.61 Å². The zero-order chi connectivity index (χ0) is 22.2. The molecule has 1 aliphatic rings. The average molecular weight is 435 g/mol. The fourth-order valence-corrected chi connectivity index (χ4v) is 4.17. The van der Waals surface area contributed by atoms with Crippen molar-refractivity contribution in [3.8, 4) is 5.75 Å². The average Bonchev–Trinajstić information content (AvgIpc) is 2.78. The highest BCUT2D eigenvalue weighted by Crippen LogP contribution is 2.37. The Balaban J connectivity index is 1.49. The molecule has 0 aromatic heterocycles. The number of benzene rings is 2. The summed E-state index contributed by atoms with van der Waals surface area (Å²) < 4.78 is 54.2. The number of hydrogen-bond acceptors (Lipinski definition) is 2. The normalized spacial score (nSPS) is 18.9. The number of rotatable bonds is 10. The Morgan fingerprint density at radius 2 is 1.68 bits per heavy atom. The third kappa shape index (κ3) is 6.49. The first-order valence-electron chi connectivity index (χ1n) is 11.5. The van der Waals surface area contributed by atoms with E-state index >= 15 is 0 Å². The van der Waals surface area contributed by atoms with E-state index in [4.69, 9.17) is 9.47 Å². The van der Waals surface area contributed by atoms with Crippen molar-refractivity contribution >= 4 is 0 Å². The van der Waals surface area contributed by atoms with Crippen molar-refractivity contribution in [2.45, 2.75) is 83.8 Å². The maximum Gasteiger partial charge on any atom is 0.200 e. The molecule has 1 fully saturated rings. The standard InChI is InChI=1S/C26H33F3O2/c1-3-4-5-6-15-30-24-14-13-22(25(28)26(24)29)20-9-11-21(12-10-20)31-17-19-8-7-18(2)23(27)16-19/h7-8,13-14,16,20-21H,3-6,9-12,15,17H2,1-2H3. The Morgan fingerprint density at radius 1 is 0.903 bits per heavy atom. The zero-order valence-electron chi connectivity index (χ0n) is 18.6. The number of halogens is 3. The SMILES string of the molecule is CCCCCCOc1ccc(C2CCC(OCc3ccc(C)c(F)c3)CC2)c(F)c1F. The van der Waals surface area contributed by atoms with Crippen molar-refractivity contribution in [3.63, 3.8) is 0 Å². The fraction of sp³-hybridized carbons (Fsp3) is 0.538. The van der Waals surface area contributed by atoms with E-state index in [1.54, 1.807) is 25.1 Å². The Morgan fingerprint density at radius 3 is 2.39 bits per heavy atom. The minimum Gasteiger partial charge on any atom is -0.490 e. The molecule has 2 nitrogen and oxygen atoms in total. The van der Waals surface area contributed by atoms with E-state index in [0.29, 0.717) is 24.3 Å². The van der Waals surface area contributed by atoms with Crippen molar-refractivity contribution in [1.29, 1.82) is 0 Å². The van der Waals surface area contributed by atoms with E-state index in [1.807, 2.05) is 6.07 Å². The van der Waals surface area contributed by atoms with Crippen LogP contribution in [0.15, 0.2) is 30.3 Å². The molecule has 1 aliphatic carbocycles. The molecule has 0 atom stereocenters. The predicted octanol–water partition coefficient (Wildman–Crippen LogP) is 7.61. The van der Waals surface area contributed by atoms with Gasteiger partial charge in [0.25, 0.3) is 0 Å². The molecule has 0 bridgehead atoms. The molecule has 2 aromatic carbocycles. The Kier molecular flexibility index (Phi) is 8.82. The summed E-state index contributed by atoms with van der Waals surface area (Å²) in [6.45, 7) is 4.62. The first-order chi connectivity index (χ1) is 15.0. The molecular weight excluding hydrogens is 401 g/mol. The van der Waals surface area contributed by atoms with Gasteiger partial charge in [-0.05, 0) is 73.8 Å². The summed E-state index contributed by atoms with van der Waals surface area (Å²) in [6, 6.07) is 8.35. The van der Waals surface area contributed by atoms with E-state index in [9.17, 15) is 13.2 Å². The van der Waals surface area contributed by atoms with Gasteiger partial charge in [-0.15, -0.1) is 0 Å². The van der Waals surface area contributed by atoms with E-state index in [2.05, 4.69) is 6.92 Å². The molecule has 0 unspecified atom stereocenters. The van der Waals surface area contributed by atoms with Gasteiger partial charge in [-0.2, -0.15) is 4.39 Å². The highest BCUT2D eigenvalue weighted by Gasteiger charge is 2.27. The summed E-state index contributed by atoms with van der Waals surface area (Å²) >= 11 is 0. The van der Waals surface area contributed by atoms with Gasteiger partial charge in [-0.3, -0.25) is 0 Å². The topological polar surface area (TPSA) is 18.5 Å². The largest absolute Gasteiger partial charge is 0.490 e. The molecule has 0 saturated heterocycles. The molecular formula is C26H33F3O2. The Labute approximate surface area is 183 Å². The van der Waals surface area contributed by atoms with Gasteiger partial charge in [0.1, 0.15) is 5.82 Å². The zero-order valence-corrected chi connectivity index (χ0v) is 18.6. The smallest absolute Gasteiger partial charge is 0.200 e. The Bertz CT molecular complexity index is 845. The second-order valence-corrected chi connectivity index (χ2v) is 8.56. The van der Waals surface area contributed by atoms with E-state index in [1.165, 1.54) is 6.07 Å². The van der Waals surface area contributed by atoms with E-state index in [0.717, 1.165) is 56.9 Å². The number of ether oxygens (including phenoxy) is 2. The maximum atomic E-state index is 14.7. The van der Waals surface area contributed by atoms with Crippen molar-refractivity contribution in [2.24, 2.45) is 0 Å². The first kappa shape index (κ1) is 23.6. The number of hydrogen-bond donors (Lipinski definition) is 0. The molecule has 0 spiro atoms. The lowest BCUT2D eigenvalue weighted by Gasteiger charge is -2.29. The lowest BCUT2D eigenvalue weighted by molar-refractivity contribution is 0.0130. The van der Waals surface area contributed by atoms with Crippen molar-refractivity contribution < 1.29 is 22.6 Å². The molecule has 3 rings (SSSR count). The van der Waals surface area contributed by atoms with Gasteiger partial charge >= 0.3 is 0 Å². The van der Waals surface area contributed by atoms with Gasteiger partial charge in [-0.25, -0.2) is 8.78 Å². The molecule has 0 heterocycles. The van der Waals surface area contributed by atoms with Crippen LogP contribution in [0.3, 0.4) is 0 Å². The molecule has 0 aliphatic heterocycles. The molecule has 2 aromatic rings. The highest BCUT2D eigenvalue weighted by molar-refractivity contribution is 5.33. The summed E-state index contributed by atoms with van der Waals surface area (Å²) in [7, 11) is 0. The number of unbranched alkanes of at least 4 members (excludes halogenated alkanes) is 3. The molecule has 0 radical (unpaired) electrons. The van der Waals surface area contributed by atoms with Crippen LogP contribution in [-0.2, 0) is 11.3 Å². The van der Waals surface area contributed by atoms with Crippen LogP contribution in [0.25, 0.3) is 0 Å². The minimum atomic E-state index is -0.882. The molecule has 31 heavy (non-hydrogen) atoms. The minimum absolute atomic E-state index is 0.0000906. The van der Waals surface area contributed by atoms with Crippen molar-refractivity contribution in [3.05, 3.63) is 64.5 Å². The molecule has 1 saturated carbocycles. The fourth-order valence-electron chi connectivity index (χ4n) is 4.17. The maximum absolute atomic E-state index is 14.7. The van der Waals surface area contributed by atoms with Gasteiger partial charge < -0.3 is 9.47 Å². The van der Waals surface area contributed by atoms with Crippen LogP contribution in [0, 0.1) is 24.4 Å². The van der Waals surface area contributed by atoms with Gasteiger partial charge in [-0.1, -0.05) is 44.4 Å². The predicted molar refractivity (Wildman–Crippen MR) is 117 cm³/mol. The molecule has 5 heteroatoms. The van der Waals surface area contributed by atoms with Gasteiger partial charge in [0.05, 0.1) is 19.3 Å². The van der Waals surface area contributed by atoms with Gasteiger partial charge in [0.15, 0.2) is 11.6 Å². The third-order valence-electron chi connectivity index (χ3n) is 6.17. The van der Waals surface area contributed by atoms with Crippen LogP contribution >= 0.6 is 0 Å². The summed E-state index contributed by atoms with van der Waals surface area (Å²) in [5, 5.41) is 0. The Hall–Kier alpha value is -2.01. The molecule has 0 N–H and O–H groups in total. The van der Waals surface area contributed by atoms with Crippen LogP contribution in [-0.4, -0.2) is 12.7 Å². The van der Waals surface area contributed by atoms with Crippen LogP contribution in [0.4, 0.5) is 13.2 Å². The lowest BCUT2D eigenvalue weighted by Crippen LogP contribution is -2.21. The second kappa shape index (κ2) is 11.6. The highest BCUT2D eigenvalue weighted by atomic mass is 19.2. The summed E-state index contributed by atoms with van der Waals surface area (Å²) in [4.78, 5) is 0. The summed E-state index contributed by atoms with van der Waals surface area (Å²) in [5.74, 6) is -1.92. The molecule has 170 valence electrons. The van der Waals surface area contributed by atoms with Crippen LogP contribution in [0.1, 0.15) is 80.9 Å².